The molecule has 1 fully saturated rings. The van der Waals surface area contributed by atoms with Gasteiger partial charge < -0.3 is 14.6 Å². The molecule has 1 aliphatic rings. The molecule has 0 bridgehead atoms. The Hall–Kier alpha value is -1.22. The number of benzene rings is 1. The first kappa shape index (κ1) is 12.2. The average Bonchev–Trinajstić information content (AvgIpc) is 3.00. The van der Waals surface area contributed by atoms with Crippen LogP contribution in [0.2, 0.25) is 0 Å². The van der Waals surface area contributed by atoms with Crippen molar-refractivity contribution in [3.8, 4) is 11.5 Å². The van der Waals surface area contributed by atoms with Gasteiger partial charge in [0.2, 0.25) is 0 Å². The van der Waals surface area contributed by atoms with Crippen molar-refractivity contribution in [3.05, 3.63) is 22.8 Å². The smallest absolute Gasteiger partial charge is 0.164 e. The van der Waals surface area contributed by atoms with Crippen molar-refractivity contribution in [3.63, 3.8) is 0 Å². The van der Waals surface area contributed by atoms with Gasteiger partial charge in [0, 0.05) is 12.0 Å². The summed E-state index contributed by atoms with van der Waals surface area (Å²) in [6.45, 7) is 4.06. The lowest BCUT2D eigenvalue weighted by molar-refractivity contribution is 0.149. The largest absolute Gasteiger partial charge is 0.493 e. The zero-order valence-electron chi connectivity index (χ0n) is 11.0. The van der Waals surface area contributed by atoms with Gasteiger partial charge in [-0.3, -0.25) is 0 Å². The van der Waals surface area contributed by atoms with Crippen molar-refractivity contribution in [2.24, 2.45) is 0 Å². The summed E-state index contributed by atoms with van der Waals surface area (Å²) < 4.78 is 10.9. The monoisotopic (exact) mass is 236 g/mol. The molecule has 0 unspecified atom stereocenters. The molecule has 3 nitrogen and oxygen atoms in total. The minimum Gasteiger partial charge on any atom is -0.493 e. The van der Waals surface area contributed by atoms with Gasteiger partial charge in [-0.1, -0.05) is 6.07 Å². The molecule has 1 aromatic carbocycles. The molecule has 0 spiro atoms. The van der Waals surface area contributed by atoms with Crippen molar-refractivity contribution in [1.29, 1.82) is 0 Å². The van der Waals surface area contributed by atoms with E-state index in [0.717, 1.165) is 41.0 Å². The lowest BCUT2D eigenvalue weighted by Crippen LogP contribution is -2.13. The first-order chi connectivity index (χ1) is 8.00. The average molecular weight is 236 g/mol. The molecule has 3 heteroatoms. The Morgan fingerprint density at radius 2 is 1.71 bits per heavy atom. The Balaban J connectivity index is 2.48. The summed E-state index contributed by atoms with van der Waals surface area (Å²) in [6.07, 6.45) is 2.41. The fourth-order valence-electron chi connectivity index (χ4n) is 2.31. The van der Waals surface area contributed by atoms with Crippen molar-refractivity contribution < 1.29 is 14.6 Å². The highest BCUT2D eigenvalue weighted by Gasteiger charge is 2.41. The molecule has 17 heavy (non-hydrogen) atoms. The first-order valence-electron chi connectivity index (χ1n) is 5.94. The zero-order chi connectivity index (χ0) is 12.6. The van der Waals surface area contributed by atoms with Gasteiger partial charge in [0.15, 0.2) is 11.5 Å². The molecule has 94 valence electrons. The van der Waals surface area contributed by atoms with E-state index in [1.54, 1.807) is 14.2 Å². The molecular formula is C14H20O3. The molecule has 1 aromatic rings. The predicted molar refractivity (Wildman–Crippen MR) is 66.9 cm³/mol. The Bertz CT molecular complexity index is 434. The third-order valence-corrected chi connectivity index (χ3v) is 3.49. The molecule has 0 saturated heterocycles. The second kappa shape index (κ2) is 4.22. The second-order valence-electron chi connectivity index (χ2n) is 4.96. The minimum atomic E-state index is -0.516. The van der Waals surface area contributed by atoms with Gasteiger partial charge in [0.1, 0.15) is 0 Å². The lowest BCUT2D eigenvalue weighted by atomic mass is 9.97. The number of aryl methyl sites for hydroxylation is 2. The summed E-state index contributed by atoms with van der Waals surface area (Å²) in [5.41, 5.74) is 2.77. The normalized spacial score (nSPS) is 16.8. The van der Waals surface area contributed by atoms with Crippen molar-refractivity contribution in [2.75, 3.05) is 14.2 Å². The molecule has 1 aliphatic carbocycles. The summed E-state index contributed by atoms with van der Waals surface area (Å²) >= 11 is 0. The highest BCUT2D eigenvalue weighted by atomic mass is 16.5. The molecule has 0 amide bonds. The van der Waals surface area contributed by atoms with Crippen LogP contribution in [0, 0.1) is 13.8 Å². The van der Waals surface area contributed by atoms with Gasteiger partial charge in [0.25, 0.3) is 0 Å². The summed E-state index contributed by atoms with van der Waals surface area (Å²) in [4.78, 5) is 0. The lowest BCUT2D eigenvalue weighted by Gasteiger charge is -2.19. The molecule has 1 saturated carbocycles. The third-order valence-electron chi connectivity index (χ3n) is 3.49. The van der Waals surface area contributed by atoms with Gasteiger partial charge >= 0.3 is 0 Å². The molecule has 0 aromatic heterocycles. The van der Waals surface area contributed by atoms with Gasteiger partial charge in [-0.05, 0) is 37.8 Å². The van der Waals surface area contributed by atoms with Crippen LogP contribution >= 0.6 is 0 Å². The predicted octanol–water partition coefficient (Wildman–Crippen LogP) is 2.39. The maximum Gasteiger partial charge on any atom is 0.164 e. The Morgan fingerprint density at radius 3 is 2.18 bits per heavy atom. The summed E-state index contributed by atoms with van der Waals surface area (Å²) in [7, 11) is 3.30. The van der Waals surface area contributed by atoms with Crippen LogP contribution < -0.4 is 9.47 Å². The Labute approximate surface area is 102 Å². The van der Waals surface area contributed by atoms with E-state index in [0.29, 0.717) is 6.42 Å². The summed E-state index contributed by atoms with van der Waals surface area (Å²) in [5.74, 6) is 1.54. The quantitative estimate of drug-likeness (QED) is 0.872. The van der Waals surface area contributed by atoms with Crippen molar-refractivity contribution in [1.82, 2.24) is 0 Å². The number of hydrogen-bond donors (Lipinski definition) is 1. The standard InChI is InChI=1S/C14H20O3/c1-9-7-10(2)12(16-3)13(17-4)11(9)8-14(15)5-6-14/h7,15H,5-6,8H2,1-4H3. The molecule has 0 atom stereocenters. The number of rotatable bonds is 4. The zero-order valence-corrected chi connectivity index (χ0v) is 11.0. The third kappa shape index (κ3) is 2.25. The molecule has 1 N–H and O–H groups in total. The van der Waals surface area contributed by atoms with Crippen molar-refractivity contribution >= 4 is 0 Å². The molecular weight excluding hydrogens is 216 g/mol. The Kier molecular flexibility index (Phi) is 3.04. The number of ether oxygens (including phenoxy) is 2. The van der Waals surface area contributed by atoms with Crippen LogP contribution in [0.3, 0.4) is 0 Å². The van der Waals surface area contributed by atoms with Gasteiger partial charge in [0.05, 0.1) is 19.8 Å². The fourth-order valence-corrected chi connectivity index (χ4v) is 2.31. The van der Waals surface area contributed by atoms with Crippen LogP contribution in [0.15, 0.2) is 6.07 Å². The van der Waals surface area contributed by atoms with Crippen LogP contribution in [-0.2, 0) is 6.42 Å². The fraction of sp³-hybridized carbons (Fsp3) is 0.571. The molecule has 2 rings (SSSR count). The van der Waals surface area contributed by atoms with Gasteiger partial charge in [-0.25, -0.2) is 0 Å². The number of methoxy groups -OCH3 is 2. The van der Waals surface area contributed by atoms with E-state index < -0.39 is 5.60 Å². The van der Waals surface area contributed by atoms with Crippen LogP contribution in [-0.4, -0.2) is 24.9 Å². The van der Waals surface area contributed by atoms with Gasteiger partial charge in [-0.15, -0.1) is 0 Å². The molecule has 0 heterocycles. The van der Waals surface area contributed by atoms with E-state index in [1.165, 1.54) is 0 Å². The van der Waals surface area contributed by atoms with E-state index in [4.69, 9.17) is 9.47 Å². The van der Waals surface area contributed by atoms with Crippen LogP contribution in [0.1, 0.15) is 29.5 Å². The SMILES string of the molecule is COc1c(C)cc(C)c(CC2(O)CC2)c1OC. The van der Waals surface area contributed by atoms with E-state index in [2.05, 4.69) is 13.0 Å². The van der Waals surface area contributed by atoms with Crippen LogP contribution in [0.25, 0.3) is 0 Å². The maximum atomic E-state index is 10.1. The highest BCUT2D eigenvalue weighted by Crippen LogP contribution is 2.44. The first-order valence-corrected chi connectivity index (χ1v) is 5.94. The van der Waals surface area contributed by atoms with E-state index in [-0.39, 0.29) is 0 Å². The van der Waals surface area contributed by atoms with Gasteiger partial charge in [-0.2, -0.15) is 0 Å². The summed E-state index contributed by atoms with van der Waals surface area (Å²) in [6, 6.07) is 2.09. The molecule has 0 radical (unpaired) electrons. The Morgan fingerprint density at radius 1 is 1.12 bits per heavy atom. The minimum absolute atomic E-state index is 0.516. The number of hydrogen-bond acceptors (Lipinski definition) is 3. The van der Waals surface area contributed by atoms with Crippen LogP contribution in [0.5, 0.6) is 11.5 Å². The van der Waals surface area contributed by atoms with Crippen molar-refractivity contribution in [2.45, 2.75) is 38.7 Å². The number of aliphatic hydroxyl groups is 1. The molecule has 0 aliphatic heterocycles. The topological polar surface area (TPSA) is 38.7 Å². The van der Waals surface area contributed by atoms with E-state index in [9.17, 15) is 5.11 Å². The highest BCUT2D eigenvalue weighted by molar-refractivity contribution is 5.55. The van der Waals surface area contributed by atoms with Crippen LogP contribution in [0.4, 0.5) is 0 Å². The van der Waals surface area contributed by atoms with E-state index >= 15 is 0 Å². The second-order valence-corrected chi connectivity index (χ2v) is 4.96. The summed E-state index contributed by atoms with van der Waals surface area (Å²) in [5, 5.41) is 10.1. The maximum absolute atomic E-state index is 10.1. The van der Waals surface area contributed by atoms with E-state index in [1.807, 2.05) is 6.92 Å².